The number of Topliss-reactive ketones (excluding diaryl/α,β-unsaturated/α-hetero) is 1. The van der Waals surface area contributed by atoms with Crippen LogP contribution in [-0.4, -0.2) is 72.4 Å². The molecule has 5 N–H and O–H groups in total. The van der Waals surface area contributed by atoms with E-state index in [1.807, 2.05) is 20.8 Å². The summed E-state index contributed by atoms with van der Waals surface area (Å²) in [6.07, 6.45) is -0.640. The Labute approximate surface area is 201 Å². The fourth-order valence-electron chi connectivity index (χ4n) is 3.98. The zero-order chi connectivity index (χ0) is 23.3. The van der Waals surface area contributed by atoms with Gasteiger partial charge in [0.05, 0.1) is 22.6 Å². The van der Waals surface area contributed by atoms with Crippen LogP contribution in [0.2, 0.25) is 0 Å². The number of aliphatic imine (C=N–C) groups is 2. The highest BCUT2D eigenvalue weighted by Gasteiger charge is 2.47. The van der Waals surface area contributed by atoms with Crippen LogP contribution in [0.15, 0.2) is 28.2 Å². The Bertz CT molecular complexity index is 983. The minimum atomic E-state index is -0.697. The van der Waals surface area contributed by atoms with Crippen molar-refractivity contribution in [2.75, 3.05) is 23.0 Å². The van der Waals surface area contributed by atoms with Crippen molar-refractivity contribution in [1.29, 1.82) is 0 Å². The first kappa shape index (κ1) is 23.9. The second-order valence-electron chi connectivity index (χ2n) is 9.32. The SMILES string of the molecule is CC(=O)[C@@]1(C)CSC(C(C)(C)[C@H](O)C2CSC([C@H]3CSC(c4ccc(N)cc4O)=N3)N2)=N1. The smallest absolute Gasteiger partial charge is 0.157 e. The molecule has 1 fully saturated rings. The van der Waals surface area contributed by atoms with Crippen molar-refractivity contribution in [2.45, 2.75) is 56.8 Å². The molecule has 2 unspecified atom stereocenters. The molecule has 0 bridgehead atoms. The molecule has 3 aliphatic rings. The maximum absolute atomic E-state index is 12.0. The average molecular weight is 495 g/mol. The normalized spacial score (nSPS) is 31.5. The fourth-order valence-corrected chi connectivity index (χ4v) is 8.02. The minimum Gasteiger partial charge on any atom is -0.507 e. The second-order valence-corrected chi connectivity index (χ2v) is 12.5. The van der Waals surface area contributed by atoms with E-state index in [1.54, 1.807) is 60.4 Å². The number of thioether (sulfide) groups is 3. The second kappa shape index (κ2) is 8.87. The van der Waals surface area contributed by atoms with Crippen LogP contribution < -0.4 is 11.1 Å². The van der Waals surface area contributed by atoms with E-state index in [1.165, 1.54) is 0 Å². The highest BCUT2D eigenvalue weighted by Crippen LogP contribution is 2.42. The van der Waals surface area contributed by atoms with Crippen LogP contribution in [-0.2, 0) is 4.79 Å². The van der Waals surface area contributed by atoms with Crippen LogP contribution in [0, 0.1) is 5.41 Å². The van der Waals surface area contributed by atoms with E-state index >= 15 is 0 Å². The van der Waals surface area contributed by atoms with E-state index in [9.17, 15) is 15.0 Å². The van der Waals surface area contributed by atoms with Gasteiger partial charge in [-0.2, -0.15) is 0 Å². The number of rotatable bonds is 6. The molecule has 4 rings (SSSR count). The van der Waals surface area contributed by atoms with Gasteiger partial charge in [0.25, 0.3) is 0 Å². The summed E-state index contributed by atoms with van der Waals surface area (Å²) in [6.45, 7) is 7.44. The van der Waals surface area contributed by atoms with Crippen LogP contribution in [0.25, 0.3) is 0 Å². The Hall–Kier alpha value is -1.20. The summed E-state index contributed by atoms with van der Waals surface area (Å²) in [7, 11) is 0. The number of aromatic hydroxyl groups is 1. The van der Waals surface area contributed by atoms with Gasteiger partial charge in [0.15, 0.2) is 5.78 Å². The van der Waals surface area contributed by atoms with E-state index in [-0.39, 0.29) is 29.0 Å². The average Bonchev–Trinajstić information content (AvgIpc) is 3.47. The lowest BCUT2D eigenvalue weighted by atomic mass is 9.83. The molecule has 1 aromatic carbocycles. The van der Waals surface area contributed by atoms with Gasteiger partial charge >= 0.3 is 0 Å². The number of aliphatic hydroxyl groups excluding tert-OH is 1. The molecule has 0 aliphatic carbocycles. The van der Waals surface area contributed by atoms with E-state index in [4.69, 9.17) is 15.7 Å². The highest BCUT2D eigenvalue weighted by molar-refractivity contribution is 8.15. The molecule has 32 heavy (non-hydrogen) atoms. The van der Waals surface area contributed by atoms with Crippen molar-refractivity contribution in [3.63, 3.8) is 0 Å². The third-order valence-electron chi connectivity index (χ3n) is 6.38. The lowest BCUT2D eigenvalue weighted by molar-refractivity contribution is -0.120. The topological polar surface area (TPSA) is 120 Å². The third-order valence-corrected chi connectivity index (χ3v) is 10.4. The van der Waals surface area contributed by atoms with Crippen LogP contribution in [0.3, 0.4) is 0 Å². The number of nitrogens with one attached hydrogen (secondary N) is 1. The molecule has 3 heterocycles. The number of aliphatic hydroxyl groups is 1. The van der Waals surface area contributed by atoms with Crippen molar-refractivity contribution in [1.82, 2.24) is 5.32 Å². The predicted molar refractivity (Wildman–Crippen MR) is 137 cm³/mol. The van der Waals surface area contributed by atoms with Crippen molar-refractivity contribution >= 4 is 56.8 Å². The van der Waals surface area contributed by atoms with E-state index < -0.39 is 17.1 Å². The maximum Gasteiger partial charge on any atom is 0.157 e. The summed E-state index contributed by atoms with van der Waals surface area (Å²) in [5.41, 5.74) is 5.71. The number of ketones is 1. The van der Waals surface area contributed by atoms with E-state index in [2.05, 4.69) is 5.32 Å². The monoisotopic (exact) mass is 494 g/mol. The molecule has 0 radical (unpaired) electrons. The third kappa shape index (κ3) is 4.44. The Morgan fingerprint density at radius 1 is 1.34 bits per heavy atom. The van der Waals surface area contributed by atoms with Gasteiger partial charge in [-0.1, -0.05) is 13.8 Å². The first-order valence-corrected chi connectivity index (χ1v) is 13.6. The summed E-state index contributed by atoms with van der Waals surface area (Å²) in [5, 5.41) is 26.8. The van der Waals surface area contributed by atoms with Gasteiger partial charge < -0.3 is 15.9 Å². The molecule has 5 atom stereocenters. The van der Waals surface area contributed by atoms with Crippen LogP contribution in [0.4, 0.5) is 5.69 Å². The number of hydrogen-bond acceptors (Lipinski definition) is 10. The fraction of sp³-hybridized carbons (Fsp3) is 0.591. The molecule has 1 saturated heterocycles. The Balaban J connectivity index is 1.43. The molecule has 0 aromatic heterocycles. The number of carbonyl (C=O) groups excluding carboxylic acids is 1. The van der Waals surface area contributed by atoms with Gasteiger partial charge in [-0.15, -0.1) is 35.3 Å². The molecule has 0 saturated carbocycles. The van der Waals surface area contributed by atoms with Crippen molar-refractivity contribution in [3.05, 3.63) is 23.8 Å². The molecular weight excluding hydrogens is 464 g/mol. The summed E-state index contributed by atoms with van der Waals surface area (Å²) in [4.78, 5) is 21.6. The molecule has 0 amide bonds. The van der Waals surface area contributed by atoms with Crippen molar-refractivity contribution in [2.24, 2.45) is 15.4 Å². The first-order chi connectivity index (χ1) is 15.0. The molecule has 0 spiro atoms. The number of anilines is 1. The lowest BCUT2D eigenvalue weighted by Crippen LogP contribution is -2.51. The lowest BCUT2D eigenvalue weighted by Gasteiger charge is -2.34. The number of benzene rings is 1. The van der Waals surface area contributed by atoms with Gasteiger partial charge in [-0.25, -0.2) is 0 Å². The number of nitrogen functional groups attached to an aromatic ring is 1. The Kier molecular flexibility index (Phi) is 6.63. The summed E-state index contributed by atoms with van der Waals surface area (Å²) < 4.78 is 0. The first-order valence-electron chi connectivity index (χ1n) is 10.6. The minimum absolute atomic E-state index is 0.0523. The van der Waals surface area contributed by atoms with E-state index in [0.29, 0.717) is 17.0 Å². The standard InChI is InChI=1S/C22H30N4O3S3/c1-11(27)22(4)10-32-20(26-22)21(2,3)17(29)14-8-31-19(24-14)15-9-30-18(25-15)13-6-5-12(23)7-16(13)28/h5-7,14-15,17,19,24,28-29H,8-10,23H2,1-4H3/t14?,15-,17-,19?,22-/m1/s1. The van der Waals surface area contributed by atoms with Gasteiger partial charge in [0.1, 0.15) is 16.3 Å². The number of carbonyl (C=O) groups is 1. The van der Waals surface area contributed by atoms with Gasteiger partial charge in [-0.05, 0) is 26.0 Å². The van der Waals surface area contributed by atoms with Crippen LogP contribution >= 0.6 is 35.3 Å². The number of phenols is 1. The van der Waals surface area contributed by atoms with Crippen molar-refractivity contribution < 1.29 is 15.0 Å². The quantitative estimate of drug-likeness (QED) is 0.446. The molecule has 10 heteroatoms. The predicted octanol–water partition coefficient (Wildman–Crippen LogP) is 2.75. The molecule has 7 nitrogen and oxygen atoms in total. The Morgan fingerprint density at radius 3 is 2.75 bits per heavy atom. The van der Waals surface area contributed by atoms with Gasteiger partial charge in [0.2, 0.25) is 0 Å². The molecule has 174 valence electrons. The number of nitrogens with zero attached hydrogens (tertiary/aromatic N) is 2. The zero-order valence-corrected chi connectivity index (χ0v) is 21.1. The molecule has 1 aromatic rings. The largest absolute Gasteiger partial charge is 0.507 e. The van der Waals surface area contributed by atoms with Gasteiger partial charge in [-0.3, -0.25) is 20.1 Å². The molecule has 3 aliphatic heterocycles. The summed E-state index contributed by atoms with van der Waals surface area (Å²) >= 11 is 4.97. The van der Waals surface area contributed by atoms with Crippen molar-refractivity contribution in [3.8, 4) is 5.75 Å². The zero-order valence-electron chi connectivity index (χ0n) is 18.7. The van der Waals surface area contributed by atoms with E-state index in [0.717, 1.165) is 21.6 Å². The molecular formula is C22H30N4O3S3. The Morgan fingerprint density at radius 2 is 2.09 bits per heavy atom. The maximum atomic E-state index is 12.0. The van der Waals surface area contributed by atoms with Gasteiger partial charge in [0, 0.05) is 46.0 Å². The summed E-state index contributed by atoms with van der Waals surface area (Å²) in [6, 6.07) is 5.07. The van der Waals surface area contributed by atoms with Crippen LogP contribution in [0.1, 0.15) is 33.3 Å². The number of phenolic OH excluding ortho intramolecular Hbond substituents is 1. The number of hydrogen-bond donors (Lipinski definition) is 4. The highest BCUT2D eigenvalue weighted by atomic mass is 32.2. The van der Waals surface area contributed by atoms with Crippen LogP contribution in [0.5, 0.6) is 5.75 Å². The summed E-state index contributed by atoms with van der Waals surface area (Å²) in [5.74, 6) is 2.41. The number of nitrogens with two attached hydrogens (primary N) is 1.